The third kappa shape index (κ3) is 6.15. The van der Waals surface area contributed by atoms with Crippen molar-refractivity contribution >= 4 is 30.1 Å². The largest absolute Gasteiger partial charge is 0.467 e. The molecule has 1 unspecified atom stereocenters. The number of rotatable bonds is 6. The maximum atomic E-state index is 12.7. The van der Waals surface area contributed by atoms with Crippen LogP contribution < -0.4 is 5.32 Å². The first-order chi connectivity index (χ1) is 14.9. The molecule has 2 aromatic carbocycles. The fraction of sp³-hybridized carbons (Fsp3) is 0.167. The number of nitrogens with one attached hydrogen (secondary N) is 1. The van der Waals surface area contributed by atoms with Crippen LogP contribution in [0.15, 0.2) is 54.6 Å². The van der Waals surface area contributed by atoms with Crippen molar-refractivity contribution in [3.8, 4) is 11.8 Å². The zero-order chi connectivity index (χ0) is 22.8. The Hall–Kier alpha value is -4.18. The van der Waals surface area contributed by atoms with E-state index in [1.165, 1.54) is 14.1 Å². The highest BCUT2D eigenvalue weighted by molar-refractivity contribution is 6.07. The van der Waals surface area contributed by atoms with Crippen molar-refractivity contribution in [3.63, 3.8) is 0 Å². The van der Waals surface area contributed by atoms with E-state index in [1.807, 2.05) is 18.2 Å². The first-order valence-electron chi connectivity index (χ1n) is 9.31. The summed E-state index contributed by atoms with van der Waals surface area (Å²) in [6.45, 7) is 0. The van der Waals surface area contributed by atoms with Gasteiger partial charge in [0.15, 0.2) is 0 Å². The second kappa shape index (κ2) is 11.1. The zero-order valence-corrected chi connectivity index (χ0v) is 17.4. The molecule has 7 heteroatoms. The van der Waals surface area contributed by atoms with Crippen molar-refractivity contribution in [1.29, 1.82) is 0 Å². The van der Waals surface area contributed by atoms with E-state index < -0.39 is 23.8 Å². The van der Waals surface area contributed by atoms with Crippen molar-refractivity contribution in [2.75, 3.05) is 21.2 Å². The number of likely N-dealkylation sites (N-methyl/N-ethyl adjacent to an activating group) is 2. The number of ether oxygens (including phenoxy) is 1. The molecule has 0 aliphatic carbocycles. The standard InChI is InChI=1S/C24H22N2O5/c1-25-22(28)21(24(30)31-3)26(2)23(29)20-14-12-18(13-15-20)7-5-4-6-17-8-10-19(16-27)11-9-17/h4,6,8-16,21H,1-3H3,(H,25,28)/b6-4+. The smallest absolute Gasteiger partial charge is 0.338 e. The molecule has 1 atom stereocenters. The minimum Gasteiger partial charge on any atom is -0.467 e. The van der Waals surface area contributed by atoms with E-state index in [2.05, 4.69) is 21.9 Å². The number of methoxy groups -OCH3 is 1. The normalized spacial score (nSPS) is 11.1. The molecule has 158 valence electrons. The molecule has 2 rings (SSSR count). The van der Waals surface area contributed by atoms with Crippen LogP contribution in [0.1, 0.15) is 31.8 Å². The van der Waals surface area contributed by atoms with Gasteiger partial charge >= 0.3 is 5.97 Å². The van der Waals surface area contributed by atoms with Crippen LogP contribution >= 0.6 is 0 Å². The minimum absolute atomic E-state index is 0.302. The first kappa shape index (κ1) is 23.1. The predicted octanol–water partition coefficient (Wildman–Crippen LogP) is 1.92. The van der Waals surface area contributed by atoms with Crippen LogP contribution in [0.4, 0.5) is 0 Å². The molecule has 0 saturated heterocycles. The Morgan fingerprint density at radius 2 is 1.65 bits per heavy atom. The van der Waals surface area contributed by atoms with Crippen molar-refractivity contribution in [2.45, 2.75) is 6.04 Å². The molecule has 0 heterocycles. The lowest BCUT2D eigenvalue weighted by atomic mass is 10.1. The number of hydrogen-bond acceptors (Lipinski definition) is 5. The molecular weight excluding hydrogens is 396 g/mol. The molecule has 0 aliphatic rings. The van der Waals surface area contributed by atoms with Crippen LogP contribution in [0.3, 0.4) is 0 Å². The van der Waals surface area contributed by atoms with Gasteiger partial charge in [0.25, 0.3) is 11.8 Å². The van der Waals surface area contributed by atoms with E-state index in [-0.39, 0.29) is 0 Å². The summed E-state index contributed by atoms with van der Waals surface area (Å²) >= 11 is 0. The molecule has 0 aliphatic heterocycles. The molecule has 2 amide bonds. The van der Waals surface area contributed by atoms with Gasteiger partial charge in [0.2, 0.25) is 6.04 Å². The van der Waals surface area contributed by atoms with Crippen molar-refractivity contribution in [1.82, 2.24) is 10.2 Å². The maximum absolute atomic E-state index is 12.7. The summed E-state index contributed by atoms with van der Waals surface area (Å²) < 4.78 is 4.63. The third-order valence-corrected chi connectivity index (χ3v) is 4.41. The van der Waals surface area contributed by atoms with E-state index in [9.17, 15) is 19.2 Å². The molecular formula is C24H22N2O5. The van der Waals surface area contributed by atoms with E-state index in [0.29, 0.717) is 16.7 Å². The first-order valence-corrected chi connectivity index (χ1v) is 9.31. The molecule has 1 N–H and O–H groups in total. The number of esters is 1. The lowest BCUT2D eigenvalue weighted by Crippen LogP contribution is -2.51. The fourth-order valence-corrected chi connectivity index (χ4v) is 2.65. The van der Waals surface area contributed by atoms with Gasteiger partial charge < -0.3 is 15.0 Å². The van der Waals surface area contributed by atoms with Crippen molar-refractivity contribution < 1.29 is 23.9 Å². The lowest BCUT2D eigenvalue weighted by molar-refractivity contribution is -0.150. The molecule has 0 aromatic heterocycles. The van der Waals surface area contributed by atoms with E-state index in [0.717, 1.165) is 23.9 Å². The number of nitrogens with zero attached hydrogens (tertiary/aromatic N) is 1. The Kier molecular flexibility index (Phi) is 8.29. The van der Waals surface area contributed by atoms with Crippen LogP contribution in [-0.2, 0) is 14.3 Å². The number of allylic oxidation sites excluding steroid dienone is 1. The van der Waals surface area contributed by atoms with Gasteiger partial charge in [-0.3, -0.25) is 14.4 Å². The number of aldehydes is 1. The van der Waals surface area contributed by atoms with E-state index >= 15 is 0 Å². The third-order valence-electron chi connectivity index (χ3n) is 4.41. The van der Waals surface area contributed by atoms with Gasteiger partial charge in [-0.1, -0.05) is 36.1 Å². The number of amides is 2. The topological polar surface area (TPSA) is 92.8 Å². The van der Waals surface area contributed by atoms with Crippen molar-refractivity contribution in [2.24, 2.45) is 0 Å². The van der Waals surface area contributed by atoms with E-state index in [1.54, 1.807) is 42.5 Å². The number of carbonyl (C=O) groups is 4. The highest BCUT2D eigenvalue weighted by atomic mass is 16.5. The number of hydrogen-bond donors (Lipinski definition) is 1. The summed E-state index contributed by atoms with van der Waals surface area (Å²) in [5, 5.41) is 2.35. The van der Waals surface area contributed by atoms with Crippen LogP contribution in [-0.4, -0.2) is 56.2 Å². The molecule has 2 aromatic rings. The van der Waals surface area contributed by atoms with Crippen LogP contribution in [0.5, 0.6) is 0 Å². The summed E-state index contributed by atoms with van der Waals surface area (Å²) in [6.07, 6.45) is 4.29. The lowest BCUT2D eigenvalue weighted by Gasteiger charge is -2.24. The van der Waals surface area contributed by atoms with Crippen LogP contribution in [0.25, 0.3) is 6.08 Å². The van der Waals surface area contributed by atoms with Gasteiger partial charge in [0.1, 0.15) is 6.29 Å². The number of carbonyl (C=O) groups excluding carboxylic acids is 4. The molecule has 0 bridgehead atoms. The molecule has 7 nitrogen and oxygen atoms in total. The van der Waals surface area contributed by atoms with Gasteiger partial charge in [0.05, 0.1) is 7.11 Å². The summed E-state index contributed by atoms with van der Waals surface area (Å²) in [7, 11) is 3.89. The van der Waals surface area contributed by atoms with E-state index in [4.69, 9.17) is 0 Å². The summed E-state index contributed by atoms with van der Waals surface area (Å²) in [4.78, 5) is 48.2. The Balaban J connectivity index is 2.08. The molecule has 31 heavy (non-hydrogen) atoms. The van der Waals surface area contributed by atoms with Gasteiger partial charge in [-0.2, -0.15) is 0 Å². The zero-order valence-electron chi connectivity index (χ0n) is 17.4. The monoisotopic (exact) mass is 418 g/mol. The van der Waals surface area contributed by atoms with Gasteiger partial charge in [-0.15, -0.1) is 0 Å². The van der Waals surface area contributed by atoms with Gasteiger partial charge in [-0.05, 0) is 42.0 Å². The highest BCUT2D eigenvalue weighted by Gasteiger charge is 2.34. The SMILES string of the molecule is CNC(=O)C(C(=O)OC)N(C)C(=O)c1ccc(C#C/C=C/c2ccc(C=O)cc2)cc1. The van der Waals surface area contributed by atoms with Crippen LogP contribution in [0.2, 0.25) is 0 Å². The molecule has 0 saturated carbocycles. The van der Waals surface area contributed by atoms with Crippen LogP contribution in [0, 0.1) is 11.8 Å². The number of benzene rings is 2. The molecule has 0 radical (unpaired) electrons. The summed E-state index contributed by atoms with van der Waals surface area (Å²) in [5.74, 6) is 3.89. The highest BCUT2D eigenvalue weighted by Crippen LogP contribution is 2.10. The Labute approximate surface area is 180 Å². The molecule has 0 spiro atoms. The molecule has 0 fully saturated rings. The summed E-state index contributed by atoms with van der Waals surface area (Å²) in [5.41, 5.74) is 2.52. The Bertz CT molecular complexity index is 1030. The Morgan fingerprint density at radius 1 is 1.03 bits per heavy atom. The second-order valence-corrected chi connectivity index (χ2v) is 6.42. The minimum atomic E-state index is -1.38. The maximum Gasteiger partial charge on any atom is 0.338 e. The quantitative estimate of drug-likeness (QED) is 0.335. The second-order valence-electron chi connectivity index (χ2n) is 6.42. The van der Waals surface area contributed by atoms with Crippen molar-refractivity contribution in [3.05, 3.63) is 76.9 Å². The predicted molar refractivity (Wildman–Crippen MR) is 116 cm³/mol. The Morgan fingerprint density at radius 3 is 2.19 bits per heavy atom. The fourth-order valence-electron chi connectivity index (χ4n) is 2.65. The average Bonchev–Trinajstić information content (AvgIpc) is 2.81. The van der Waals surface area contributed by atoms with Gasteiger partial charge in [-0.25, -0.2) is 4.79 Å². The van der Waals surface area contributed by atoms with Gasteiger partial charge in [0, 0.05) is 30.8 Å². The summed E-state index contributed by atoms with van der Waals surface area (Å²) in [6, 6.07) is 12.2. The average molecular weight is 418 g/mol.